The summed E-state index contributed by atoms with van der Waals surface area (Å²) in [6.07, 6.45) is 4.79. The molecule has 1 fully saturated rings. The number of rotatable bonds is 3. The zero-order valence-electron chi connectivity index (χ0n) is 12.0. The van der Waals surface area contributed by atoms with Crippen molar-refractivity contribution >= 4 is 5.69 Å². The minimum absolute atomic E-state index is 0.129. The average molecular weight is 264 g/mol. The number of nitrogens with zero attached hydrogens (tertiary/aromatic N) is 1. The van der Waals surface area contributed by atoms with Crippen LogP contribution in [-0.2, 0) is 0 Å². The van der Waals surface area contributed by atoms with Gasteiger partial charge in [-0.15, -0.1) is 0 Å². The van der Waals surface area contributed by atoms with Gasteiger partial charge in [-0.2, -0.15) is 0 Å². The maximum Gasteiger partial charge on any atom is 0.146 e. The number of benzene rings is 1. The molecule has 1 aliphatic heterocycles. The van der Waals surface area contributed by atoms with E-state index in [0.717, 1.165) is 43.1 Å². The first-order chi connectivity index (χ1) is 9.13. The number of hydrogen-bond acceptors (Lipinski definition) is 2. The van der Waals surface area contributed by atoms with Crippen LogP contribution < -0.4 is 10.6 Å². The molecule has 0 radical (unpaired) electrons. The first kappa shape index (κ1) is 14.3. The van der Waals surface area contributed by atoms with Crippen LogP contribution in [0.25, 0.3) is 0 Å². The van der Waals surface area contributed by atoms with Crippen LogP contribution in [0.15, 0.2) is 18.2 Å². The molecule has 2 unspecified atom stereocenters. The molecule has 0 aromatic heterocycles. The molecule has 1 aromatic rings. The topological polar surface area (TPSA) is 29.3 Å². The summed E-state index contributed by atoms with van der Waals surface area (Å²) < 4.78 is 14.2. The second-order valence-corrected chi connectivity index (χ2v) is 5.66. The minimum Gasteiger partial charge on any atom is -0.369 e. The van der Waals surface area contributed by atoms with E-state index in [9.17, 15) is 4.39 Å². The fourth-order valence-corrected chi connectivity index (χ4v) is 3.03. The van der Waals surface area contributed by atoms with E-state index in [0.29, 0.717) is 0 Å². The molecular weight excluding hydrogens is 239 g/mol. The highest BCUT2D eigenvalue weighted by Gasteiger charge is 2.21. The van der Waals surface area contributed by atoms with Crippen LogP contribution >= 0.6 is 0 Å². The third-order valence-electron chi connectivity index (χ3n) is 4.25. The van der Waals surface area contributed by atoms with Gasteiger partial charge in [0.15, 0.2) is 0 Å². The van der Waals surface area contributed by atoms with Gasteiger partial charge < -0.3 is 10.6 Å². The van der Waals surface area contributed by atoms with Crippen LogP contribution in [0.4, 0.5) is 10.1 Å². The molecule has 2 rings (SSSR count). The van der Waals surface area contributed by atoms with Gasteiger partial charge in [-0.3, -0.25) is 0 Å². The SMILES string of the molecule is CCC1CCCN(c2c(F)cccc2C(C)N)CC1. The lowest BCUT2D eigenvalue weighted by atomic mass is 9.98. The van der Waals surface area contributed by atoms with Crippen molar-refractivity contribution in [2.75, 3.05) is 18.0 Å². The summed E-state index contributed by atoms with van der Waals surface area (Å²) in [5.41, 5.74) is 7.65. The molecule has 2 nitrogen and oxygen atoms in total. The van der Waals surface area contributed by atoms with Crippen molar-refractivity contribution in [2.24, 2.45) is 11.7 Å². The Kier molecular flexibility index (Phi) is 4.81. The van der Waals surface area contributed by atoms with Crippen LogP contribution in [0.5, 0.6) is 0 Å². The van der Waals surface area contributed by atoms with E-state index in [1.165, 1.54) is 12.8 Å². The predicted octanol–water partition coefficient (Wildman–Crippen LogP) is 3.86. The summed E-state index contributed by atoms with van der Waals surface area (Å²) in [5, 5.41) is 0. The zero-order chi connectivity index (χ0) is 13.8. The predicted molar refractivity (Wildman–Crippen MR) is 78.8 cm³/mol. The Morgan fingerprint density at radius 1 is 1.37 bits per heavy atom. The van der Waals surface area contributed by atoms with E-state index in [1.807, 2.05) is 13.0 Å². The first-order valence-electron chi connectivity index (χ1n) is 7.42. The molecule has 1 aliphatic rings. The lowest BCUT2D eigenvalue weighted by Crippen LogP contribution is -2.27. The van der Waals surface area contributed by atoms with Gasteiger partial charge >= 0.3 is 0 Å². The maximum absolute atomic E-state index is 14.2. The Labute approximate surface area is 115 Å². The van der Waals surface area contributed by atoms with Gasteiger partial charge in [-0.05, 0) is 43.7 Å². The molecule has 0 amide bonds. The van der Waals surface area contributed by atoms with Gasteiger partial charge in [0.2, 0.25) is 0 Å². The van der Waals surface area contributed by atoms with Crippen molar-refractivity contribution in [2.45, 2.75) is 45.6 Å². The Morgan fingerprint density at radius 3 is 2.84 bits per heavy atom. The second-order valence-electron chi connectivity index (χ2n) is 5.66. The van der Waals surface area contributed by atoms with Crippen LogP contribution in [0.2, 0.25) is 0 Å². The highest BCUT2D eigenvalue weighted by atomic mass is 19.1. The highest BCUT2D eigenvalue weighted by Crippen LogP contribution is 2.31. The Morgan fingerprint density at radius 2 is 2.16 bits per heavy atom. The first-order valence-corrected chi connectivity index (χ1v) is 7.42. The molecular formula is C16H25FN2. The van der Waals surface area contributed by atoms with Gasteiger partial charge in [0.05, 0.1) is 5.69 Å². The Bertz CT molecular complexity index is 417. The van der Waals surface area contributed by atoms with Crippen molar-refractivity contribution in [1.29, 1.82) is 0 Å². The van der Waals surface area contributed by atoms with Gasteiger partial charge in [0.1, 0.15) is 5.82 Å². The summed E-state index contributed by atoms with van der Waals surface area (Å²) in [6, 6.07) is 5.12. The van der Waals surface area contributed by atoms with Crippen molar-refractivity contribution in [3.05, 3.63) is 29.6 Å². The Balaban J connectivity index is 2.25. The molecule has 2 atom stereocenters. The second kappa shape index (κ2) is 6.38. The molecule has 0 spiro atoms. The molecule has 0 saturated carbocycles. The molecule has 106 valence electrons. The van der Waals surface area contributed by atoms with Gasteiger partial charge in [-0.25, -0.2) is 4.39 Å². The lowest BCUT2D eigenvalue weighted by molar-refractivity contribution is 0.459. The largest absolute Gasteiger partial charge is 0.369 e. The van der Waals surface area contributed by atoms with Crippen LogP contribution in [0, 0.1) is 11.7 Å². The van der Waals surface area contributed by atoms with Gasteiger partial charge in [0.25, 0.3) is 0 Å². The summed E-state index contributed by atoms with van der Waals surface area (Å²) in [4.78, 5) is 2.20. The van der Waals surface area contributed by atoms with Crippen LogP contribution in [-0.4, -0.2) is 13.1 Å². The molecule has 1 saturated heterocycles. The van der Waals surface area contributed by atoms with Crippen LogP contribution in [0.1, 0.15) is 51.1 Å². The summed E-state index contributed by atoms with van der Waals surface area (Å²) in [5.74, 6) is 0.653. The number of hydrogen-bond donors (Lipinski definition) is 1. The van der Waals surface area contributed by atoms with E-state index in [4.69, 9.17) is 5.73 Å². The van der Waals surface area contributed by atoms with Crippen molar-refractivity contribution in [3.8, 4) is 0 Å². The lowest BCUT2D eigenvalue weighted by Gasteiger charge is -2.27. The number of nitrogens with two attached hydrogens (primary N) is 1. The monoisotopic (exact) mass is 264 g/mol. The zero-order valence-corrected chi connectivity index (χ0v) is 12.0. The fraction of sp³-hybridized carbons (Fsp3) is 0.625. The van der Waals surface area contributed by atoms with Crippen LogP contribution in [0.3, 0.4) is 0 Å². The fourth-order valence-electron chi connectivity index (χ4n) is 3.03. The number of para-hydroxylation sites is 1. The number of halogens is 1. The van der Waals surface area contributed by atoms with Crippen molar-refractivity contribution in [1.82, 2.24) is 0 Å². The third kappa shape index (κ3) is 3.27. The van der Waals surface area contributed by atoms with Gasteiger partial charge in [-0.1, -0.05) is 25.5 Å². The van der Waals surface area contributed by atoms with E-state index < -0.39 is 0 Å². The standard InChI is InChI=1S/C16H25FN2/c1-3-13-6-5-10-19(11-9-13)16-14(12(2)18)7-4-8-15(16)17/h4,7-8,12-13H,3,5-6,9-11,18H2,1-2H3. The summed E-state index contributed by atoms with van der Waals surface area (Å²) in [7, 11) is 0. The van der Waals surface area contributed by atoms with Gasteiger partial charge in [0, 0.05) is 19.1 Å². The third-order valence-corrected chi connectivity index (χ3v) is 4.25. The quantitative estimate of drug-likeness (QED) is 0.898. The minimum atomic E-state index is -0.134. The highest BCUT2D eigenvalue weighted by molar-refractivity contribution is 5.56. The molecule has 19 heavy (non-hydrogen) atoms. The summed E-state index contributed by atoms with van der Waals surface area (Å²) in [6.45, 7) is 6.05. The average Bonchev–Trinajstić information content (AvgIpc) is 2.63. The molecule has 2 N–H and O–H groups in total. The Hall–Kier alpha value is -1.09. The maximum atomic E-state index is 14.2. The summed E-state index contributed by atoms with van der Waals surface area (Å²) >= 11 is 0. The van der Waals surface area contributed by atoms with Crippen molar-refractivity contribution < 1.29 is 4.39 Å². The molecule has 1 heterocycles. The molecule has 3 heteroatoms. The smallest absolute Gasteiger partial charge is 0.146 e. The van der Waals surface area contributed by atoms with E-state index in [2.05, 4.69) is 11.8 Å². The molecule has 0 bridgehead atoms. The van der Waals surface area contributed by atoms with Crippen molar-refractivity contribution in [3.63, 3.8) is 0 Å². The number of anilines is 1. The van der Waals surface area contributed by atoms with E-state index in [-0.39, 0.29) is 11.9 Å². The molecule has 0 aliphatic carbocycles. The molecule has 1 aromatic carbocycles. The normalized spacial score (nSPS) is 22.1. The van der Waals surface area contributed by atoms with E-state index >= 15 is 0 Å². The van der Waals surface area contributed by atoms with E-state index in [1.54, 1.807) is 12.1 Å².